The highest BCUT2D eigenvalue weighted by Gasteiger charge is 2.15. The molecule has 3 heteroatoms. The summed E-state index contributed by atoms with van der Waals surface area (Å²) in [7, 11) is 0. The Morgan fingerprint density at radius 3 is 2.10 bits per heavy atom. The van der Waals surface area contributed by atoms with Gasteiger partial charge in [-0.25, -0.2) is 0 Å². The van der Waals surface area contributed by atoms with Crippen molar-refractivity contribution in [2.45, 2.75) is 25.8 Å². The first-order chi connectivity index (χ1) is 9.59. The second-order valence-corrected chi connectivity index (χ2v) is 5.15. The van der Waals surface area contributed by atoms with Crippen molar-refractivity contribution in [3.8, 4) is 11.5 Å². The molecule has 20 heavy (non-hydrogen) atoms. The maximum Gasteiger partial charge on any atom is 0.124 e. The molecule has 3 N–H and O–H groups in total. The van der Waals surface area contributed by atoms with Crippen molar-refractivity contribution in [1.82, 2.24) is 5.32 Å². The summed E-state index contributed by atoms with van der Waals surface area (Å²) in [5.41, 5.74) is 1.82. The lowest BCUT2D eigenvalue weighted by Gasteiger charge is -2.20. The van der Waals surface area contributed by atoms with Crippen LogP contribution in [-0.2, 0) is 0 Å². The first-order valence-corrected chi connectivity index (χ1v) is 6.88. The van der Waals surface area contributed by atoms with Gasteiger partial charge < -0.3 is 15.5 Å². The van der Waals surface area contributed by atoms with Gasteiger partial charge in [0, 0.05) is 12.6 Å². The lowest BCUT2D eigenvalue weighted by atomic mass is 10.00. The fourth-order valence-electron chi connectivity index (χ4n) is 2.34. The number of hydrogen-bond donors (Lipinski definition) is 3. The Morgan fingerprint density at radius 1 is 0.900 bits per heavy atom. The van der Waals surface area contributed by atoms with Crippen LogP contribution >= 0.6 is 0 Å². The summed E-state index contributed by atoms with van der Waals surface area (Å²) >= 11 is 0. The maximum absolute atomic E-state index is 9.84. The predicted octanol–water partition coefficient (Wildman–Crippen LogP) is 3.55. The van der Waals surface area contributed by atoms with Crippen molar-refractivity contribution >= 4 is 0 Å². The number of nitrogens with one attached hydrogen (secondary N) is 1. The van der Waals surface area contributed by atoms with Crippen LogP contribution in [0.1, 0.15) is 36.9 Å². The molecular formula is C17H21NO2. The monoisotopic (exact) mass is 271 g/mol. The number of hydrogen-bond acceptors (Lipinski definition) is 3. The van der Waals surface area contributed by atoms with Gasteiger partial charge in [0.15, 0.2) is 0 Å². The van der Waals surface area contributed by atoms with Crippen molar-refractivity contribution in [2.75, 3.05) is 6.54 Å². The molecule has 0 saturated carbocycles. The Bertz CT molecular complexity index is 534. The van der Waals surface area contributed by atoms with Gasteiger partial charge in [0.25, 0.3) is 0 Å². The van der Waals surface area contributed by atoms with Crippen LogP contribution in [-0.4, -0.2) is 16.8 Å². The highest BCUT2D eigenvalue weighted by atomic mass is 16.3. The van der Waals surface area contributed by atoms with E-state index in [0.29, 0.717) is 11.5 Å². The molecule has 2 unspecified atom stereocenters. The highest BCUT2D eigenvalue weighted by molar-refractivity contribution is 5.44. The second kappa shape index (κ2) is 6.44. The highest BCUT2D eigenvalue weighted by Crippen LogP contribution is 2.32. The summed E-state index contributed by atoms with van der Waals surface area (Å²) in [6.45, 7) is 4.87. The molecule has 0 fully saturated rings. The summed E-state index contributed by atoms with van der Waals surface area (Å²) in [5.74, 6) is 0.612. The van der Waals surface area contributed by atoms with Gasteiger partial charge in [-0.2, -0.15) is 0 Å². The Morgan fingerprint density at radius 2 is 1.50 bits per heavy atom. The smallest absolute Gasteiger partial charge is 0.124 e. The summed E-state index contributed by atoms with van der Waals surface area (Å²) in [4.78, 5) is 0. The molecule has 0 spiro atoms. The van der Waals surface area contributed by atoms with E-state index in [9.17, 15) is 10.2 Å². The minimum absolute atomic E-state index is 0.109. The minimum atomic E-state index is -0.109. The molecule has 0 aliphatic rings. The molecule has 106 valence electrons. The molecule has 2 atom stereocenters. The first-order valence-electron chi connectivity index (χ1n) is 6.88. The van der Waals surface area contributed by atoms with E-state index in [-0.39, 0.29) is 17.5 Å². The van der Waals surface area contributed by atoms with E-state index >= 15 is 0 Å². The molecule has 3 nitrogen and oxygen atoms in total. The van der Waals surface area contributed by atoms with Crippen molar-refractivity contribution in [3.63, 3.8) is 0 Å². The number of phenols is 2. The standard InChI is InChI=1S/C17H21NO2/c1-12(14-7-4-3-5-8-14)11-18-13(2)17-15(19)9-6-10-16(17)20/h3-10,12-13,18-20H,11H2,1-2H3. The molecule has 0 bridgehead atoms. The van der Waals surface area contributed by atoms with Crippen LogP contribution in [0.15, 0.2) is 48.5 Å². The van der Waals surface area contributed by atoms with Crippen molar-refractivity contribution in [1.29, 1.82) is 0 Å². The van der Waals surface area contributed by atoms with Crippen LogP contribution in [0.4, 0.5) is 0 Å². The third-order valence-electron chi connectivity index (χ3n) is 3.59. The topological polar surface area (TPSA) is 52.5 Å². The lowest BCUT2D eigenvalue weighted by Crippen LogP contribution is -2.23. The zero-order chi connectivity index (χ0) is 14.5. The Balaban J connectivity index is 2.00. The van der Waals surface area contributed by atoms with Gasteiger partial charge in [0.05, 0.1) is 5.56 Å². The quantitative estimate of drug-likeness (QED) is 0.779. The number of aromatic hydroxyl groups is 2. The van der Waals surface area contributed by atoms with Gasteiger partial charge in [-0.3, -0.25) is 0 Å². The molecule has 0 aliphatic carbocycles. The van der Waals surface area contributed by atoms with Crippen LogP contribution in [0, 0.1) is 0 Å². The molecule has 0 amide bonds. The van der Waals surface area contributed by atoms with Gasteiger partial charge >= 0.3 is 0 Å². The Labute approximate surface area is 119 Å². The number of phenolic OH excluding ortho intramolecular Hbond substituents is 2. The third kappa shape index (κ3) is 3.31. The van der Waals surface area contributed by atoms with Gasteiger partial charge in [0.2, 0.25) is 0 Å². The SMILES string of the molecule is CC(CNC(C)c1c(O)cccc1O)c1ccccc1. The van der Waals surface area contributed by atoms with Crippen LogP contribution in [0.25, 0.3) is 0 Å². The van der Waals surface area contributed by atoms with Crippen LogP contribution in [0.3, 0.4) is 0 Å². The zero-order valence-corrected chi connectivity index (χ0v) is 11.9. The Kier molecular flexibility index (Phi) is 4.64. The molecule has 0 saturated heterocycles. The normalized spacial score (nSPS) is 13.9. The molecular weight excluding hydrogens is 250 g/mol. The lowest BCUT2D eigenvalue weighted by molar-refractivity contribution is 0.416. The molecule has 2 rings (SSSR count). The molecule has 2 aromatic rings. The number of rotatable bonds is 5. The second-order valence-electron chi connectivity index (χ2n) is 5.15. The maximum atomic E-state index is 9.84. The van der Waals surface area contributed by atoms with E-state index in [1.165, 1.54) is 5.56 Å². The summed E-state index contributed by atoms with van der Waals surface area (Å²) in [5, 5.41) is 23.0. The predicted molar refractivity (Wildman–Crippen MR) is 81.0 cm³/mol. The summed E-state index contributed by atoms with van der Waals surface area (Å²) < 4.78 is 0. The molecule has 2 aromatic carbocycles. The number of benzene rings is 2. The van der Waals surface area contributed by atoms with Crippen molar-refractivity contribution in [2.24, 2.45) is 0 Å². The van der Waals surface area contributed by atoms with E-state index < -0.39 is 0 Å². The van der Waals surface area contributed by atoms with Gasteiger partial charge in [-0.1, -0.05) is 43.3 Å². The third-order valence-corrected chi connectivity index (χ3v) is 3.59. The molecule has 0 radical (unpaired) electrons. The van der Waals surface area contributed by atoms with Crippen molar-refractivity contribution in [3.05, 3.63) is 59.7 Å². The molecule has 0 aromatic heterocycles. The fraction of sp³-hybridized carbons (Fsp3) is 0.294. The largest absolute Gasteiger partial charge is 0.507 e. The first kappa shape index (κ1) is 14.4. The van der Waals surface area contributed by atoms with E-state index in [1.807, 2.05) is 25.1 Å². The molecule has 0 heterocycles. The van der Waals surface area contributed by atoms with E-state index in [1.54, 1.807) is 18.2 Å². The van der Waals surface area contributed by atoms with Crippen LogP contribution < -0.4 is 5.32 Å². The van der Waals surface area contributed by atoms with E-state index in [2.05, 4.69) is 24.4 Å². The fourth-order valence-corrected chi connectivity index (χ4v) is 2.34. The summed E-state index contributed by atoms with van der Waals surface area (Å²) in [6, 6.07) is 15.0. The minimum Gasteiger partial charge on any atom is -0.507 e. The Hall–Kier alpha value is -2.00. The zero-order valence-electron chi connectivity index (χ0n) is 11.9. The van der Waals surface area contributed by atoms with E-state index in [0.717, 1.165) is 6.54 Å². The average Bonchev–Trinajstić information content (AvgIpc) is 2.45. The van der Waals surface area contributed by atoms with Gasteiger partial charge in [0.1, 0.15) is 11.5 Å². The summed E-state index contributed by atoms with van der Waals surface area (Å²) in [6.07, 6.45) is 0. The van der Waals surface area contributed by atoms with Crippen LogP contribution in [0.5, 0.6) is 11.5 Å². The van der Waals surface area contributed by atoms with Crippen molar-refractivity contribution < 1.29 is 10.2 Å². The molecule has 0 aliphatic heterocycles. The van der Waals surface area contributed by atoms with Crippen LogP contribution in [0.2, 0.25) is 0 Å². The average molecular weight is 271 g/mol. The van der Waals surface area contributed by atoms with Gasteiger partial charge in [-0.05, 0) is 30.5 Å². The van der Waals surface area contributed by atoms with Gasteiger partial charge in [-0.15, -0.1) is 0 Å². The van der Waals surface area contributed by atoms with E-state index in [4.69, 9.17) is 0 Å².